The van der Waals surface area contributed by atoms with Gasteiger partial charge < -0.3 is 15.4 Å². The van der Waals surface area contributed by atoms with Gasteiger partial charge in [0.05, 0.1) is 19.3 Å². The Balaban J connectivity index is 1.56. The van der Waals surface area contributed by atoms with Gasteiger partial charge in [0.25, 0.3) is 0 Å². The van der Waals surface area contributed by atoms with E-state index in [0.717, 1.165) is 24.6 Å². The lowest BCUT2D eigenvalue weighted by molar-refractivity contribution is 0.240. The number of nitrogens with zero attached hydrogens (tertiary/aromatic N) is 4. The SMILES string of the molecule is COc1cc2ncc(-c3nc(NC4CNCCC4F)c(F)cc3F)n2nc1C1CC1. The Morgan fingerprint density at radius 1 is 1.20 bits per heavy atom. The van der Waals surface area contributed by atoms with Gasteiger partial charge in [-0.05, 0) is 25.8 Å². The number of piperidine rings is 1. The van der Waals surface area contributed by atoms with Gasteiger partial charge in [-0.2, -0.15) is 5.10 Å². The van der Waals surface area contributed by atoms with Crippen molar-refractivity contribution in [2.75, 3.05) is 25.5 Å². The van der Waals surface area contributed by atoms with Gasteiger partial charge >= 0.3 is 0 Å². The zero-order chi connectivity index (χ0) is 20.8. The fourth-order valence-corrected chi connectivity index (χ4v) is 3.77. The number of hydrogen-bond donors (Lipinski definition) is 2. The first kappa shape index (κ1) is 19.1. The molecule has 2 fully saturated rings. The number of imidazole rings is 1. The summed E-state index contributed by atoms with van der Waals surface area (Å²) >= 11 is 0. The number of aromatic nitrogens is 4. The van der Waals surface area contributed by atoms with Crippen LogP contribution in [0.2, 0.25) is 0 Å². The molecule has 158 valence electrons. The summed E-state index contributed by atoms with van der Waals surface area (Å²) in [4.78, 5) is 8.41. The Kier molecular flexibility index (Phi) is 4.73. The number of nitrogens with one attached hydrogen (secondary N) is 2. The maximum absolute atomic E-state index is 14.7. The van der Waals surface area contributed by atoms with Crippen LogP contribution in [0.25, 0.3) is 17.0 Å². The van der Waals surface area contributed by atoms with E-state index >= 15 is 0 Å². The van der Waals surface area contributed by atoms with Crippen molar-refractivity contribution in [2.24, 2.45) is 0 Å². The van der Waals surface area contributed by atoms with Crippen molar-refractivity contribution in [3.8, 4) is 17.1 Å². The molecule has 1 saturated heterocycles. The van der Waals surface area contributed by atoms with Crippen LogP contribution in [0.4, 0.5) is 19.0 Å². The topological polar surface area (TPSA) is 76.4 Å². The van der Waals surface area contributed by atoms with Crippen LogP contribution >= 0.6 is 0 Å². The number of rotatable bonds is 5. The second-order valence-electron chi connectivity index (χ2n) is 7.69. The summed E-state index contributed by atoms with van der Waals surface area (Å²) in [5, 5.41) is 10.4. The number of methoxy groups -OCH3 is 1. The Labute approximate surface area is 170 Å². The van der Waals surface area contributed by atoms with Crippen molar-refractivity contribution in [3.63, 3.8) is 0 Å². The molecule has 0 spiro atoms. The predicted octanol–water partition coefficient (Wildman–Crippen LogP) is 3.07. The van der Waals surface area contributed by atoms with E-state index < -0.39 is 23.8 Å². The second kappa shape index (κ2) is 7.42. The number of halogens is 3. The highest BCUT2D eigenvalue weighted by atomic mass is 19.1. The molecule has 0 amide bonds. The molecule has 4 heterocycles. The van der Waals surface area contributed by atoms with Gasteiger partial charge in [-0.1, -0.05) is 0 Å². The van der Waals surface area contributed by atoms with Crippen molar-refractivity contribution in [1.29, 1.82) is 0 Å². The maximum Gasteiger partial charge on any atom is 0.168 e. The minimum absolute atomic E-state index is 0.106. The van der Waals surface area contributed by atoms with E-state index in [0.29, 0.717) is 36.8 Å². The van der Waals surface area contributed by atoms with Crippen molar-refractivity contribution in [2.45, 2.75) is 37.4 Å². The molecule has 10 heteroatoms. The molecule has 5 rings (SSSR count). The lowest BCUT2D eigenvalue weighted by Crippen LogP contribution is -2.46. The quantitative estimate of drug-likeness (QED) is 0.663. The third-order valence-electron chi connectivity index (χ3n) is 5.56. The number of hydrogen-bond acceptors (Lipinski definition) is 6. The molecular formula is C20H21F3N6O. The van der Waals surface area contributed by atoms with Crippen LogP contribution in [0.3, 0.4) is 0 Å². The number of alkyl halides is 1. The molecule has 0 aromatic carbocycles. The first-order valence-corrected chi connectivity index (χ1v) is 9.95. The van der Waals surface area contributed by atoms with Crippen molar-refractivity contribution in [3.05, 3.63) is 35.7 Å². The first-order chi connectivity index (χ1) is 14.5. The Morgan fingerprint density at radius 3 is 2.77 bits per heavy atom. The van der Waals surface area contributed by atoms with Crippen LogP contribution in [0, 0.1) is 11.6 Å². The van der Waals surface area contributed by atoms with Crippen LogP contribution in [-0.4, -0.2) is 52.0 Å². The third-order valence-corrected chi connectivity index (χ3v) is 5.56. The lowest BCUT2D eigenvalue weighted by Gasteiger charge is -2.28. The van der Waals surface area contributed by atoms with Crippen LogP contribution < -0.4 is 15.4 Å². The molecule has 1 saturated carbocycles. The minimum atomic E-state index is -1.15. The van der Waals surface area contributed by atoms with Gasteiger partial charge in [0, 0.05) is 24.6 Å². The highest BCUT2D eigenvalue weighted by Crippen LogP contribution is 2.43. The van der Waals surface area contributed by atoms with Crippen LogP contribution in [-0.2, 0) is 0 Å². The summed E-state index contributed by atoms with van der Waals surface area (Å²) < 4.78 is 50.1. The molecule has 3 aromatic heterocycles. The summed E-state index contributed by atoms with van der Waals surface area (Å²) in [7, 11) is 1.57. The van der Waals surface area contributed by atoms with Crippen LogP contribution in [0.15, 0.2) is 18.3 Å². The van der Waals surface area contributed by atoms with Gasteiger partial charge in [0.2, 0.25) is 0 Å². The van der Waals surface area contributed by atoms with E-state index in [4.69, 9.17) is 4.74 Å². The Bertz CT molecular complexity index is 1100. The van der Waals surface area contributed by atoms with E-state index in [1.807, 2.05) is 0 Å². The van der Waals surface area contributed by atoms with Crippen molar-refractivity contribution < 1.29 is 17.9 Å². The second-order valence-corrected chi connectivity index (χ2v) is 7.69. The highest BCUT2D eigenvalue weighted by molar-refractivity contribution is 5.63. The van der Waals surface area contributed by atoms with Crippen LogP contribution in [0.1, 0.15) is 30.9 Å². The van der Waals surface area contributed by atoms with Gasteiger partial charge in [0.15, 0.2) is 23.1 Å². The van der Waals surface area contributed by atoms with Crippen molar-refractivity contribution in [1.82, 2.24) is 24.9 Å². The van der Waals surface area contributed by atoms with Gasteiger partial charge in [-0.3, -0.25) is 0 Å². The zero-order valence-electron chi connectivity index (χ0n) is 16.3. The van der Waals surface area contributed by atoms with E-state index in [1.165, 1.54) is 10.7 Å². The summed E-state index contributed by atoms with van der Waals surface area (Å²) in [6.07, 6.45) is 2.63. The summed E-state index contributed by atoms with van der Waals surface area (Å²) in [6.45, 7) is 0.890. The lowest BCUT2D eigenvalue weighted by atomic mass is 10.1. The fraction of sp³-hybridized carbons (Fsp3) is 0.450. The Hall–Kier alpha value is -2.88. The molecule has 2 N–H and O–H groups in total. The molecular weight excluding hydrogens is 397 g/mol. The minimum Gasteiger partial charge on any atom is -0.495 e. The zero-order valence-corrected chi connectivity index (χ0v) is 16.3. The average Bonchev–Trinajstić information content (AvgIpc) is 3.51. The largest absolute Gasteiger partial charge is 0.495 e. The number of pyridine rings is 1. The molecule has 7 nitrogen and oxygen atoms in total. The smallest absolute Gasteiger partial charge is 0.168 e. The molecule has 1 aliphatic carbocycles. The molecule has 30 heavy (non-hydrogen) atoms. The van der Waals surface area contributed by atoms with Crippen molar-refractivity contribution >= 4 is 11.5 Å². The van der Waals surface area contributed by atoms with E-state index in [1.54, 1.807) is 13.2 Å². The van der Waals surface area contributed by atoms with Gasteiger partial charge in [0.1, 0.15) is 29.0 Å². The molecule has 3 aromatic rings. The number of anilines is 1. The predicted molar refractivity (Wildman–Crippen MR) is 104 cm³/mol. The third kappa shape index (κ3) is 3.34. The number of ether oxygens (including phenoxy) is 1. The fourth-order valence-electron chi connectivity index (χ4n) is 3.77. The average molecular weight is 418 g/mol. The number of fused-ring (bicyclic) bond motifs is 1. The maximum atomic E-state index is 14.7. The monoisotopic (exact) mass is 418 g/mol. The van der Waals surface area contributed by atoms with Gasteiger partial charge in [-0.15, -0.1) is 0 Å². The molecule has 2 unspecified atom stereocenters. The Morgan fingerprint density at radius 2 is 2.03 bits per heavy atom. The van der Waals surface area contributed by atoms with E-state index in [2.05, 4.69) is 25.7 Å². The first-order valence-electron chi connectivity index (χ1n) is 9.95. The molecule has 1 aliphatic heterocycles. The highest BCUT2D eigenvalue weighted by Gasteiger charge is 2.30. The molecule has 2 aliphatic rings. The van der Waals surface area contributed by atoms with E-state index in [-0.39, 0.29) is 17.2 Å². The molecule has 0 bridgehead atoms. The van der Waals surface area contributed by atoms with E-state index in [9.17, 15) is 13.2 Å². The summed E-state index contributed by atoms with van der Waals surface area (Å²) in [5.74, 6) is -0.993. The normalized spacial score (nSPS) is 21.7. The molecule has 2 atom stereocenters. The standard InChI is InChI=1S/C20H21F3N6O/c1-30-16-7-17-25-9-15(29(17)28-18(16)10-2-3-10)19-12(22)6-13(23)20(27-19)26-14-8-24-5-4-11(14)21/h6-7,9-11,14,24H,2-5,8H2,1H3,(H,26,27). The summed E-state index contributed by atoms with van der Waals surface area (Å²) in [6, 6.07) is 1.84. The molecule has 0 radical (unpaired) electrons. The van der Waals surface area contributed by atoms with Gasteiger partial charge in [-0.25, -0.2) is 27.7 Å². The van der Waals surface area contributed by atoms with Crippen LogP contribution in [0.5, 0.6) is 5.75 Å². The summed E-state index contributed by atoms with van der Waals surface area (Å²) in [5.41, 5.74) is 1.42.